The van der Waals surface area contributed by atoms with Gasteiger partial charge in [0.25, 0.3) is 5.91 Å². The van der Waals surface area contributed by atoms with Crippen LogP contribution in [0.1, 0.15) is 25.3 Å². The van der Waals surface area contributed by atoms with Gasteiger partial charge in [-0.15, -0.1) is 0 Å². The zero-order chi connectivity index (χ0) is 13.7. The molecular formula is C15H23N3O. The molecule has 1 aromatic carbocycles. The first-order valence-electron chi connectivity index (χ1n) is 6.99. The lowest BCUT2D eigenvalue weighted by Crippen LogP contribution is -2.50. The van der Waals surface area contributed by atoms with Crippen LogP contribution < -0.4 is 11.3 Å². The fourth-order valence-electron chi connectivity index (χ4n) is 2.78. The number of nitrogens with two attached hydrogens (primary N) is 1. The number of hydrogen-bond donors (Lipinski definition) is 2. The van der Waals surface area contributed by atoms with Gasteiger partial charge in [0.1, 0.15) is 0 Å². The molecule has 1 unspecified atom stereocenters. The average Bonchev–Trinajstić information content (AvgIpc) is 2.47. The van der Waals surface area contributed by atoms with E-state index in [2.05, 4.69) is 40.7 Å². The van der Waals surface area contributed by atoms with E-state index in [9.17, 15) is 4.79 Å². The quantitative estimate of drug-likeness (QED) is 0.488. The molecule has 19 heavy (non-hydrogen) atoms. The Morgan fingerprint density at radius 2 is 2.00 bits per heavy atom. The Kier molecular flexibility index (Phi) is 4.93. The van der Waals surface area contributed by atoms with Gasteiger partial charge in [0, 0.05) is 0 Å². The molecule has 1 aromatic rings. The minimum Gasteiger partial charge on any atom is -0.293 e. The van der Waals surface area contributed by atoms with Gasteiger partial charge in [0.15, 0.2) is 0 Å². The van der Waals surface area contributed by atoms with Gasteiger partial charge in [-0.2, -0.15) is 0 Å². The van der Waals surface area contributed by atoms with E-state index in [4.69, 9.17) is 5.84 Å². The van der Waals surface area contributed by atoms with Crippen LogP contribution in [-0.4, -0.2) is 29.9 Å². The second-order valence-corrected chi connectivity index (χ2v) is 5.35. The number of amides is 1. The molecular weight excluding hydrogens is 238 g/mol. The summed E-state index contributed by atoms with van der Waals surface area (Å²) in [5, 5.41) is 0. The molecule has 4 nitrogen and oxygen atoms in total. The van der Waals surface area contributed by atoms with Gasteiger partial charge in [-0.05, 0) is 50.8 Å². The number of hydrogen-bond acceptors (Lipinski definition) is 3. The molecule has 0 saturated carbocycles. The molecule has 0 spiro atoms. The van der Waals surface area contributed by atoms with Crippen LogP contribution >= 0.6 is 0 Å². The van der Waals surface area contributed by atoms with Crippen LogP contribution in [0.15, 0.2) is 30.3 Å². The van der Waals surface area contributed by atoms with Crippen molar-refractivity contribution in [3.63, 3.8) is 0 Å². The lowest BCUT2D eigenvalue weighted by atomic mass is 9.89. The Hall–Kier alpha value is -1.39. The van der Waals surface area contributed by atoms with Crippen LogP contribution in [0.2, 0.25) is 0 Å². The van der Waals surface area contributed by atoms with Crippen molar-refractivity contribution in [3.05, 3.63) is 35.9 Å². The summed E-state index contributed by atoms with van der Waals surface area (Å²) >= 11 is 0. The smallest absolute Gasteiger partial charge is 0.250 e. The molecule has 2 rings (SSSR count). The largest absolute Gasteiger partial charge is 0.293 e. The van der Waals surface area contributed by atoms with Crippen molar-refractivity contribution in [2.75, 3.05) is 13.1 Å². The summed E-state index contributed by atoms with van der Waals surface area (Å²) in [6, 6.07) is 10.5. The number of carbonyl (C=O) groups is 1. The normalized spacial score (nSPS) is 19.1. The second kappa shape index (κ2) is 6.68. The van der Waals surface area contributed by atoms with E-state index >= 15 is 0 Å². The molecule has 0 aliphatic carbocycles. The van der Waals surface area contributed by atoms with Crippen LogP contribution in [0.3, 0.4) is 0 Å². The first kappa shape index (κ1) is 14.0. The third kappa shape index (κ3) is 3.78. The number of nitrogens with zero attached hydrogens (tertiary/aromatic N) is 1. The molecule has 104 valence electrons. The highest BCUT2D eigenvalue weighted by Gasteiger charge is 2.26. The predicted molar refractivity (Wildman–Crippen MR) is 76.2 cm³/mol. The minimum atomic E-state index is -0.123. The molecule has 1 fully saturated rings. The summed E-state index contributed by atoms with van der Waals surface area (Å²) in [7, 11) is 0. The van der Waals surface area contributed by atoms with E-state index in [0.29, 0.717) is 0 Å². The maximum atomic E-state index is 11.5. The number of rotatable bonds is 4. The van der Waals surface area contributed by atoms with Crippen LogP contribution in [0.5, 0.6) is 0 Å². The second-order valence-electron chi connectivity index (χ2n) is 5.35. The summed E-state index contributed by atoms with van der Waals surface area (Å²) in [4.78, 5) is 13.7. The fraction of sp³-hybridized carbons (Fsp3) is 0.533. The maximum absolute atomic E-state index is 11.5. The van der Waals surface area contributed by atoms with Gasteiger partial charge < -0.3 is 0 Å². The maximum Gasteiger partial charge on any atom is 0.250 e. The van der Waals surface area contributed by atoms with E-state index in [1.54, 1.807) is 0 Å². The predicted octanol–water partition coefficient (Wildman–Crippen LogP) is 1.32. The number of piperidine rings is 1. The summed E-state index contributed by atoms with van der Waals surface area (Å²) in [5.41, 5.74) is 3.64. The minimum absolute atomic E-state index is 0.0958. The third-order valence-electron chi connectivity index (χ3n) is 4.09. The lowest BCUT2D eigenvalue weighted by molar-refractivity contribution is -0.126. The van der Waals surface area contributed by atoms with Gasteiger partial charge in [0.2, 0.25) is 0 Å². The Labute approximate surface area is 114 Å². The summed E-state index contributed by atoms with van der Waals surface area (Å²) in [6.45, 7) is 3.87. The molecule has 0 aromatic heterocycles. The Balaban J connectivity index is 1.81. The van der Waals surface area contributed by atoms with Crippen molar-refractivity contribution >= 4 is 5.91 Å². The van der Waals surface area contributed by atoms with Crippen molar-refractivity contribution in [2.24, 2.45) is 11.8 Å². The highest BCUT2D eigenvalue weighted by molar-refractivity contribution is 5.80. The van der Waals surface area contributed by atoms with E-state index in [1.165, 1.54) is 5.56 Å². The zero-order valence-electron chi connectivity index (χ0n) is 11.5. The fourth-order valence-corrected chi connectivity index (χ4v) is 2.78. The molecule has 1 saturated heterocycles. The van der Waals surface area contributed by atoms with E-state index < -0.39 is 0 Å². The summed E-state index contributed by atoms with van der Waals surface area (Å²) in [6.07, 6.45) is 3.44. The van der Waals surface area contributed by atoms with Gasteiger partial charge in [-0.1, -0.05) is 30.3 Å². The van der Waals surface area contributed by atoms with Gasteiger partial charge in [-0.25, -0.2) is 5.84 Å². The highest BCUT2D eigenvalue weighted by Crippen LogP contribution is 2.22. The van der Waals surface area contributed by atoms with Crippen molar-refractivity contribution in [3.8, 4) is 0 Å². The molecule has 1 aliphatic heterocycles. The van der Waals surface area contributed by atoms with Crippen molar-refractivity contribution in [1.29, 1.82) is 0 Å². The number of benzene rings is 1. The van der Waals surface area contributed by atoms with Crippen LogP contribution in [0.4, 0.5) is 0 Å². The Bertz CT molecular complexity index is 399. The summed E-state index contributed by atoms with van der Waals surface area (Å²) < 4.78 is 0. The zero-order valence-corrected chi connectivity index (χ0v) is 11.5. The van der Waals surface area contributed by atoms with Crippen molar-refractivity contribution in [1.82, 2.24) is 10.3 Å². The molecule has 3 N–H and O–H groups in total. The van der Waals surface area contributed by atoms with E-state index in [-0.39, 0.29) is 11.9 Å². The number of nitrogens with one attached hydrogen (secondary N) is 1. The first-order valence-corrected chi connectivity index (χ1v) is 6.99. The molecule has 0 radical (unpaired) electrons. The lowest BCUT2D eigenvalue weighted by Gasteiger charge is -2.35. The van der Waals surface area contributed by atoms with Crippen LogP contribution in [0, 0.1) is 5.92 Å². The van der Waals surface area contributed by atoms with Crippen molar-refractivity contribution < 1.29 is 4.79 Å². The Morgan fingerprint density at radius 1 is 1.37 bits per heavy atom. The molecule has 0 bridgehead atoms. The van der Waals surface area contributed by atoms with E-state index in [1.807, 2.05) is 6.92 Å². The number of likely N-dealkylation sites (tertiary alicyclic amines) is 1. The third-order valence-corrected chi connectivity index (χ3v) is 4.09. The molecule has 1 heterocycles. The summed E-state index contributed by atoms with van der Waals surface area (Å²) in [5.74, 6) is 5.82. The SMILES string of the molecule is CC(C(=O)NN)N1CCC(Cc2ccccc2)CC1. The average molecular weight is 261 g/mol. The van der Waals surface area contributed by atoms with Gasteiger partial charge >= 0.3 is 0 Å². The topological polar surface area (TPSA) is 58.4 Å². The van der Waals surface area contributed by atoms with Gasteiger partial charge in [0.05, 0.1) is 6.04 Å². The van der Waals surface area contributed by atoms with Gasteiger partial charge in [-0.3, -0.25) is 15.1 Å². The molecule has 1 atom stereocenters. The Morgan fingerprint density at radius 3 is 2.58 bits per heavy atom. The monoisotopic (exact) mass is 261 g/mol. The standard InChI is InChI=1S/C15H23N3O/c1-12(15(19)17-16)18-9-7-14(8-10-18)11-13-5-3-2-4-6-13/h2-6,12,14H,7-11,16H2,1H3,(H,17,19). The number of hydrazine groups is 1. The highest BCUT2D eigenvalue weighted by atomic mass is 16.2. The van der Waals surface area contributed by atoms with Crippen molar-refractivity contribution in [2.45, 2.75) is 32.2 Å². The molecule has 1 aliphatic rings. The van der Waals surface area contributed by atoms with E-state index in [0.717, 1.165) is 38.3 Å². The molecule has 4 heteroatoms. The van der Waals surface area contributed by atoms with Crippen LogP contribution in [-0.2, 0) is 11.2 Å². The first-order chi connectivity index (χ1) is 9.20. The number of carbonyl (C=O) groups excluding carboxylic acids is 1. The van der Waals surface area contributed by atoms with Crippen LogP contribution in [0.25, 0.3) is 0 Å². The molecule has 1 amide bonds.